The average molecular weight is 489 g/mol. The van der Waals surface area contributed by atoms with E-state index < -0.39 is 17.0 Å². The van der Waals surface area contributed by atoms with Crippen LogP contribution in [0.3, 0.4) is 0 Å². The molecule has 0 bridgehead atoms. The second kappa shape index (κ2) is 14.3. The van der Waals surface area contributed by atoms with Crippen molar-refractivity contribution in [3.63, 3.8) is 0 Å². The third-order valence-electron chi connectivity index (χ3n) is 6.47. The quantitative estimate of drug-likeness (QED) is 0.300. The summed E-state index contributed by atoms with van der Waals surface area (Å²) in [7, 11) is 9.78. The summed E-state index contributed by atoms with van der Waals surface area (Å²) in [6.07, 6.45) is 8.72. The molecular formula is C24H40Cl2N3Ti-3. The first-order valence-corrected chi connectivity index (χ1v) is 15.6. The number of nitrogens with zero attached hydrogens (tertiary/aromatic N) is 3. The Morgan fingerprint density at radius 3 is 1.83 bits per heavy atom. The minimum atomic E-state index is -0.556. The fraction of sp³-hybridized carbons (Fsp3) is 0.750. The summed E-state index contributed by atoms with van der Waals surface area (Å²) >= 11 is -0.556. The molecule has 1 aliphatic heterocycles. The summed E-state index contributed by atoms with van der Waals surface area (Å²) in [6, 6.07) is 0. The molecule has 1 atom stereocenters. The van der Waals surface area contributed by atoms with Gasteiger partial charge in [0.1, 0.15) is 0 Å². The van der Waals surface area contributed by atoms with Crippen molar-refractivity contribution in [1.82, 2.24) is 0 Å². The van der Waals surface area contributed by atoms with Crippen LogP contribution in [0.4, 0.5) is 0 Å². The number of rotatable bonds is 4. The van der Waals surface area contributed by atoms with Gasteiger partial charge in [-0.1, -0.05) is 99.8 Å². The molecule has 0 aromatic heterocycles. The number of halogens is 2. The molecule has 30 heavy (non-hydrogen) atoms. The molecule has 0 spiro atoms. The predicted octanol–water partition coefficient (Wildman–Crippen LogP) is 8.84. The first-order chi connectivity index (χ1) is 14.1. The zero-order valence-electron chi connectivity index (χ0n) is 20.1. The van der Waals surface area contributed by atoms with Crippen LogP contribution >= 0.6 is 18.6 Å². The fourth-order valence-electron chi connectivity index (χ4n) is 4.13. The minimum absolute atomic E-state index is 0.0763. The first-order valence-electron chi connectivity index (χ1n) is 11.3. The van der Waals surface area contributed by atoms with Crippen LogP contribution in [0.5, 0.6) is 0 Å². The Hall–Kier alpha value is 0.0743. The van der Waals surface area contributed by atoms with Crippen LogP contribution in [0.1, 0.15) is 87.6 Å². The van der Waals surface area contributed by atoms with Crippen molar-refractivity contribution in [2.24, 2.45) is 22.7 Å². The van der Waals surface area contributed by atoms with Gasteiger partial charge in [-0.2, -0.15) is 27.8 Å². The normalized spacial score (nSPS) is 18.9. The summed E-state index contributed by atoms with van der Waals surface area (Å²) in [6.45, 7) is 17.6. The van der Waals surface area contributed by atoms with Gasteiger partial charge >= 0.3 is 35.6 Å². The van der Waals surface area contributed by atoms with Gasteiger partial charge in [0.2, 0.25) is 0 Å². The van der Waals surface area contributed by atoms with Gasteiger partial charge in [-0.3, -0.25) is 0 Å². The molecule has 0 amide bonds. The monoisotopic (exact) mass is 488 g/mol. The zero-order chi connectivity index (χ0) is 22.8. The van der Waals surface area contributed by atoms with E-state index in [1.54, 1.807) is 16.7 Å². The van der Waals surface area contributed by atoms with Gasteiger partial charge in [0, 0.05) is 0 Å². The van der Waals surface area contributed by atoms with Crippen molar-refractivity contribution in [3.05, 3.63) is 38.7 Å². The van der Waals surface area contributed by atoms with Gasteiger partial charge in [0.15, 0.2) is 0 Å². The molecule has 1 aromatic carbocycles. The third-order valence-corrected chi connectivity index (χ3v) is 6.47. The van der Waals surface area contributed by atoms with Crippen molar-refractivity contribution in [2.45, 2.75) is 100 Å². The van der Waals surface area contributed by atoms with Crippen molar-refractivity contribution >= 4 is 24.4 Å². The Morgan fingerprint density at radius 1 is 0.967 bits per heavy atom. The summed E-state index contributed by atoms with van der Waals surface area (Å²) in [4.78, 5) is 4.37. The van der Waals surface area contributed by atoms with E-state index in [2.05, 4.69) is 71.2 Å². The van der Waals surface area contributed by atoms with Gasteiger partial charge in [0.25, 0.3) is 0 Å². The average Bonchev–Trinajstić information content (AvgIpc) is 3.28. The molecule has 6 heteroatoms. The molecule has 0 radical (unpaired) electrons. The summed E-state index contributed by atoms with van der Waals surface area (Å²) in [5, 5.41) is 0. The van der Waals surface area contributed by atoms with Crippen LogP contribution in [0.25, 0.3) is 10.9 Å². The van der Waals surface area contributed by atoms with Gasteiger partial charge in [-0.25, -0.2) is 0 Å². The van der Waals surface area contributed by atoms with Crippen LogP contribution in [0.2, 0.25) is 0 Å². The topological polar surface area (TPSA) is 40.6 Å². The van der Waals surface area contributed by atoms with Crippen molar-refractivity contribution in [1.29, 1.82) is 0 Å². The van der Waals surface area contributed by atoms with Crippen LogP contribution < -0.4 is 0 Å². The summed E-state index contributed by atoms with van der Waals surface area (Å²) in [5.41, 5.74) is 15.9. The Balaban J connectivity index is 0.000000280. The fourth-order valence-corrected chi connectivity index (χ4v) is 4.13. The second-order valence-corrected chi connectivity index (χ2v) is 11.9. The Kier molecular flexibility index (Phi) is 13.4. The molecule has 0 saturated heterocycles. The van der Waals surface area contributed by atoms with Gasteiger partial charge in [0.05, 0.1) is 0 Å². The van der Waals surface area contributed by atoms with Crippen LogP contribution in [-0.2, 0) is 23.5 Å². The number of hydrogen-bond acceptors (Lipinski definition) is 1. The molecule has 2 aliphatic rings. The number of amidine groups is 1. The Morgan fingerprint density at radius 2 is 1.47 bits per heavy atom. The molecule has 1 aliphatic carbocycles. The van der Waals surface area contributed by atoms with E-state index in [9.17, 15) is 0 Å². The van der Waals surface area contributed by atoms with Crippen molar-refractivity contribution < 1.29 is 17.0 Å². The zero-order valence-corrected chi connectivity index (χ0v) is 23.2. The van der Waals surface area contributed by atoms with E-state index in [0.29, 0.717) is 11.8 Å². The molecule has 1 saturated carbocycles. The molecule has 1 fully saturated rings. The Bertz CT molecular complexity index is 636. The Labute approximate surface area is 202 Å². The van der Waals surface area contributed by atoms with Gasteiger partial charge in [-0.15, -0.1) is 12.0 Å². The van der Waals surface area contributed by atoms with Crippen LogP contribution in [-0.4, -0.2) is 12.0 Å². The maximum absolute atomic E-state index is 4.89. The molecule has 1 heterocycles. The SMILES string of the molecule is CC(C)C1=NC(C(C)C)[N-][N-]1.Cc1c(C)c(C)[c-](CC2CCCCC2)c1C.[Cl][Ti][Cl]. The molecular weight excluding hydrogens is 449 g/mol. The maximum atomic E-state index is 4.89. The molecule has 3 nitrogen and oxygen atoms in total. The third kappa shape index (κ3) is 8.55. The second-order valence-electron chi connectivity index (χ2n) is 9.27. The van der Waals surface area contributed by atoms with Crippen LogP contribution in [0, 0.1) is 45.4 Å². The van der Waals surface area contributed by atoms with E-state index in [4.69, 9.17) is 18.6 Å². The molecule has 1 aromatic rings. The summed E-state index contributed by atoms with van der Waals surface area (Å²) < 4.78 is 0. The van der Waals surface area contributed by atoms with E-state index >= 15 is 0 Å². The van der Waals surface area contributed by atoms with E-state index in [0.717, 1.165) is 11.8 Å². The molecule has 3 rings (SSSR count). The van der Waals surface area contributed by atoms with Crippen molar-refractivity contribution in [3.8, 4) is 0 Å². The number of hydrogen-bond donors (Lipinski definition) is 0. The molecule has 1 unspecified atom stereocenters. The van der Waals surface area contributed by atoms with Crippen molar-refractivity contribution in [2.75, 3.05) is 0 Å². The van der Waals surface area contributed by atoms with Gasteiger partial charge in [-0.05, 0) is 11.8 Å². The van der Waals surface area contributed by atoms with E-state index in [-0.39, 0.29) is 6.17 Å². The number of aliphatic imine (C=N–C) groups is 1. The molecule has 172 valence electrons. The molecule has 0 N–H and O–H groups in total. The summed E-state index contributed by atoms with van der Waals surface area (Å²) in [5.74, 6) is 2.73. The van der Waals surface area contributed by atoms with E-state index in [1.165, 1.54) is 49.7 Å². The van der Waals surface area contributed by atoms with E-state index in [1.807, 2.05) is 0 Å². The standard InChI is InChI=1S/C16H25.C8H15N3.2ClH.Ti/c1-11-12(2)14(4)16(13(11)3)10-15-8-6-5-7-9-15;1-5(2)7-9-8(6(3)4)11-10-7;;;/h15H,5-10H2,1-4H3;5-7H,1-4H3;2*1H;/q-1;-2;;;+2/p-2. The first kappa shape index (κ1) is 28.1. The predicted molar refractivity (Wildman–Crippen MR) is 131 cm³/mol. The van der Waals surface area contributed by atoms with Crippen LogP contribution in [0.15, 0.2) is 4.99 Å². The van der Waals surface area contributed by atoms with Gasteiger partial charge < -0.3 is 15.8 Å².